The zero-order chi connectivity index (χ0) is 58.3. The minimum absolute atomic E-state index is 0.0428. The summed E-state index contributed by atoms with van der Waals surface area (Å²) in [4.78, 5) is 77.6. The molecule has 0 spiro atoms. The number of alkyl halides is 1. The van der Waals surface area contributed by atoms with Crippen molar-refractivity contribution < 1.29 is 62.3 Å². The van der Waals surface area contributed by atoms with Gasteiger partial charge in [0.25, 0.3) is 0 Å². The number of fused-ring (bicyclic) bond motifs is 5. The molecule has 0 aliphatic heterocycles. The van der Waals surface area contributed by atoms with Crippen LogP contribution in [0.15, 0.2) is 72.4 Å². The van der Waals surface area contributed by atoms with Crippen molar-refractivity contribution in [2.24, 2.45) is 28.6 Å². The smallest absolute Gasteiger partial charge is 0.306 e. The molecule has 13 heteroatoms. The van der Waals surface area contributed by atoms with Gasteiger partial charge in [-0.05, 0) is 134 Å². The van der Waals surface area contributed by atoms with E-state index in [0.717, 1.165) is 89.9 Å². The first-order chi connectivity index (χ1) is 38.5. The van der Waals surface area contributed by atoms with Gasteiger partial charge in [0, 0.05) is 42.4 Å². The van der Waals surface area contributed by atoms with E-state index in [-0.39, 0.29) is 63.0 Å². The second-order valence-corrected chi connectivity index (χ2v) is 23.8. The Hall–Kier alpha value is -4.49. The molecule has 0 aromatic carbocycles. The lowest BCUT2D eigenvalue weighted by Gasteiger charge is -2.62. The Morgan fingerprint density at radius 1 is 0.650 bits per heavy atom. The number of carbonyl (C=O) groups is 6. The minimum Gasteiger partial charge on any atom is -0.466 e. The molecule has 450 valence electrons. The van der Waals surface area contributed by atoms with Gasteiger partial charge in [-0.25, -0.2) is 4.39 Å². The number of halogens is 1. The number of ketones is 2. The van der Waals surface area contributed by atoms with Crippen molar-refractivity contribution in [3.05, 3.63) is 72.4 Å². The van der Waals surface area contributed by atoms with Gasteiger partial charge in [0.05, 0.1) is 32.2 Å². The number of esters is 4. The van der Waals surface area contributed by atoms with E-state index in [2.05, 4.69) is 62.5 Å². The van der Waals surface area contributed by atoms with Crippen LogP contribution in [0.25, 0.3) is 0 Å². The minimum atomic E-state index is -2.13. The highest BCUT2D eigenvalue weighted by Crippen LogP contribution is 2.70. The quantitative estimate of drug-likeness (QED) is 0.0256. The molecule has 0 heterocycles. The molecule has 4 aliphatic carbocycles. The van der Waals surface area contributed by atoms with Crippen molar-refractivity contribution in [1.82, 2.24) is 0 Å². The van der Waals surface area contributed by atoms with Crippen LogP contribution >= 0.6 is 0 Å². The van der Waals surface area contributed by atoms with Gasteiger partial charge in [0.1, 0.15) is 11.7 Å². The summed E-state index contributed by atoms with van der Waals surface area (Å²) in [7, 11) is 0. The molecule has 1 unspecified atom stereocenters. The molecule has 0 radical (unpaired) electrons. The van der Waals surface area contributed by atoms with Gasteiger partial charge in [-0.3, -0.25) is 28.8 Å². The van der Waals surface area contributed by atoms with E-state index in [4.69, 9.17) is 18.9 Å². The van der Waals surface area contributed by atoms with Crippen LogP contribution in [0, 0.1) is 28.6 Å². The maximum atomic E-state index is 17.6. The lowest BCUT2D eigenvalue weighted by Crippen LogP contribution is -2.69. The van der Waals surface area contributed by atoms with E-state index >= 15 is 4.39 Å². The summed E-state index contributed by atoms with van der Waals surface area (Å²) in [5.41, 5.74) is -5.97. The van der Waals surface area contributed by atoms with Crippen LogP contribution in [0.3, 0.4) is 0 Å². The van der Waals surface area contributed by atoms with E-state index in [1.54, 1.807) is 26.8 Å². The van der Waals surface area contributed by atoms with Crippen LogP contribution in [0.2, 0.25) is 0 Å². The zero-order valence-corrected chi connectivity index (χ0v) is 49.8. The second kappa shape index (κ2) is 36.2. The zero-order valence-electron chi connectivity index (χ0n) is 49.8. The predicted octanol–water partition coefficient (Wildman–Crippen LogP) is 14.6. The van der Waals surface area contributed by atoms with Crippen LogP contribution < -0.4 is 0 Å². The Labute approximate surface area is 480 Å². The summed E-state index contributed by atoms with van der Waals surface area (Å²) in [5.74, 6) is -5.02. The van der Waals surface area contributed by atoms with Gasteiger partial charge in [-0.15, -0.1) is 0 Å². The van der Waals surface area contributed by atoms with E-state index < -0.39 is 82.8 Å². The monoisotopic (exact) mass is 1120 g/mol. The number of aliphatic hydroxyl groups is 2. The molecule has 4 aliphatic rings. The van der Waals surface area contributed by atoms with Crippen LogP contribution in [-0.4, -0.2) is 89.0 Å². The number of rotatable bonds is 41. The fraction of sp³-hybridized carbons (Fsp3) is 0.731. The molecule has 2 N–H and O–H groups in total. The summed E-state index contributed by atoms with van der Waals surface area (Å²) in [6.45, 7) is 8.74. The highest BCUT2D eigenvalue weighted by molar-refractivity contribution is 6.01. The molecule has 80 heavy (non-hydrogen) atoms. The molecule has 9 atom stereocenters. The SMILES string of the molecule is CCCCC/C=C\C/C=C\CCCCCCCC(=O)OC(CCOC(=O)CCCCCC/C=C\C/C=C\CCCCCC)CCOC(=O)CCC(=O)OCC(=O)[C@@]1(O)[C@H](C)C[C@H]2[C@@H]3CCC4=CC(=O)C=C[C@]4(C)[C@@]3(F)[C@@H](O)C[C@@]21C. The first-order valence-corrected chi connectivity index (χ1v) is 31.3. The van der Waals surface area contributed by atoms with Gasteiger partial charge < -0.3 is 29.2 Å². The fourth-order valence-corrected chi connectivity index (χ4v) is 13.1. The van der Waals surface area contributed by atoms with Gasteiger partial charge >= 0.3 is 23.9 Å². The van der Waals surface area contributed by atoms with Crippen LogP contribution in [0.1, 0.15) is 240 Å². The maximum absolute atomic E-state index is 17.6. The van der Waals surface area contributed by atoms with Gasteiger partial charge in [-0.1, -0.05) is 152 Å². The molecule has 12 nitrogen and oxygen atoms in total. The van der Waals surface area contributed by atoms with E-state index in [0.29, 0.717) is 37.7 Å². The molecule has 0 aromatic heterocycles. The van der Waals surface area contributed by atoms with Crippen molar-refractivity contribution in [1.29, 1.82) is 0 Å². The van der Waals surface area contributed by atoms with Gasteiger partial charge in [0.15, 0.2) is 18.1 Å². The first kappa shape index (κ1) is 68.0. The molecule has 3 saturated carbocycles. The number of allylic oxidation sites excluding steroid dienone is 12. The van der Waals surface area contributed by atoms with Crippen molar-refractivity contribution in [3.8, 4) is 0 Å². The molecule has 0 aromatic rings. The summed E-state index contributed by atoms with van der Waals surface area (Å²) in [6.07, 6.45) is 44.9. The Morgan fingerprint density at radius 3 is 1.69 bits per heavy atom. The van der Waals surface area contributed by atoms with Crippen LogP contribution in [0.4, 0.5) is 4.39 Å². The van der Waals surface area contributed by atoms with Gasteiger partial charge in [-0.2, -0.15) is 0 Å². The third-order valence-corrected chi connectivity index (χ3v) is 17.9. The Kier molecular flexibility index (Phi) is 30.7. The maximum Gasteiger partial charge on any atom is 0.306 e. The van der Waals surface area contributed by atoms with E-state index in [1.165, 1.54) is 57.1 Å². The molecular weight excluding hydrogens is 1020 g/mol. The molecule has 0 saturated heterocycles. The number of Topliss-reactive ketones (excluding diaryl/α,β-unsaturated/α-hetero) is 1. The van der Waals surface area contributed by atoms with Crippen molar-refractivity contribution in [3.63, 3.8) is 0 Å². The third-order valence-electron chi connectivity index (χ3n) is 17.9. The predicted molar refractivity (Wildman–Crippen MR) is 313 cm³/mol. The third kappa shape index (κ3) is 20.4. The van der Waals surface area contributed by atoms with Crippen molar-refractivity contribution >= 4 is 35.4 Å². The molecule has 3 fully saturated rings. The highest BCUT2D eigenvalue weighted by atomic mass is 19.1. The lowest BCUT2D eigenvalue weighted by atomic mass is 9.44. The van der Waals surface area contributed by atoms with Crippen LogP contribution in [0.5, 0.6) is 0 Å². The topological polar surface area (TPSA) is 180 Å². The first-order valence-electron chi connectivity index (χ1n) is 31.3. The second-order valence-electron chi connectivity index (χ2n) is 23.8. The summed E-state index contributed by atoms with van der Waals surface area (Å²) in [6, 6.07) is 0. The fourth-order valence-electron chi connectivity index (χ4n) is 13.1. The largest absolute Gasteiger partial charge is 0.466 e. The standard InChI is InChI=1S/C67H103FO12/c1-6-8-10-12-14-16-18-20-22-24-26-28-30-32-34-36-60(72)77-46-43-55(80-63(75)37-35-33-31-29-27-25-23-21-19-17-15-13-11-9-7-2)44-47-78-61(73)40-41-62(74)79-51-59(71)67(76)52(3)48-57-56-39-38-53-49-54(69)42-45-64(53,4)66(56,68)58(70)50-65(57,67)5/h15-18,21-24,42,45,49,52,55-58,70,76H,6-14,19-20,25-41,43-44,46-48,50-51H2,1-5H3/b17-15-,18-16-,23-21-,24-22-/t52-,55?,56+,57+,58+,64+,65+,66+,67+/m1/s1. The molecule has 4 rings (SSSR count). The Balaban J connectivity index is 1.17. The normalized spacial score (nSPS) is 26.6. The summed E-state index contributed by atoms with van der Waals surface area (Å²) >= 11 is 0. The Morgan fingerprint density at radius 2 is 1.12 bits per heavy atom. The Bertz CT molecular complexity index is 2120. The van der Waals surface area contributed by atoms with E-state index in [9.17, 15) is 39.0 Å². The molecule has 0 bridgehead atoms. The average Bonchev–Trinajstić information content (AvgIpc) is 3.63. The lowest BCUT2D eigenvalue weighted by molar-refractivity contribution is -0.220. The number of unbranched alkanes of at least 4 members (excludes halogenated alkanes) is 16. The summed E-state index contributed by atoms with van der Waals surface area (Å²) < 4.78 is 39.7. The number of hydrogen-bond acceptors (Lipinski definition) is 12. The highest BCUT2D eigenvalue weighted by Gasteiger charge is 2.75. The number of hydrogen-bond donors (Lipinski definition) is 2. The number of ether oxygens (including phenoxy) is 4. The average molecular weight is 1120 g/mol. The van der Waals surface area contributed by atoms with Crippen molar-refractivity contribution in [2.75, 3.05) is 19.8 Å². The molecular formula is C67H103FO12. The number of aliphatic hydroxyl groups excluding tert-OH is 1. The number of carbonyl (C=O) groups excluding carboxylic acids is 6. The van der Waals surface area contributed by atoms with E-state index in [1.807, 2.05) is 0 Å². The van der Waals surface area contributed by atoms with Crippen molar-refractivity contribution in [2.45, 2.75) is 264 Å². The summed E-state index contributed by atoms with van der Waals surface area (Å²) in [5, 5.41) is 23.9. The van der Waals surface area contributed by atoms with Gasteiger partial charge in [0.2, 0.25) is 5.78 Å². The molecule has 0 amide bonds. The van der Waals surface area contributed by atoms with Crippen LogP contribution in [-0.2, 0) is 47.7 Å².